The van der Waals surface area contributed by atoms with Crippen molar-refractivity contribution in [1.29, 1.82) is 0 Å². The number of amides is 2. The third kappa shape index (κ3) is 5.48. The van der Waals surface area contributed by atoms with Crippen LogP contribution in [0.1, 0.15) is 43.2 Å². The van der Waals surface area contributed by atoms with Crippen molar-refractivity contribution in [2.45, 2.75) is 56.9 Å². The summed E-state index contributed by atoms with van der Waals surface area (Å²) in [4.78, 5) is 39.9. The second-order valence-electron chi connectivity index (χ2n) is 9.95. The number of hydrogen-bond donors (Lipinski definition) is 3. The van der Waals surface area contributed by atoms with E-state index in [4.69, 9.17) is 14.2 Å². The van der Waals surface area contributed by atoms with E-state index >= 15 is 0 Å². The molecule has 2 aromatic rings. The number of nitrogens with one attached hydrogen (secondary N) is 1. The molecular weight excluding hydrogens is 504 g/mol. The van der Waals surface area contributed by atoms with E-state index in [9.17, 15) is 24.6 Å². The van der Waals surface area contributed by atoms with E-state index in [2.05, 4.69) is 5.32 Å². The molecule has 4 unspecified atom stereocenters. The fourth-order valence-corrected chi connectivity index (χ4v) is 5.42. The van der Waals surface area contributed by atoms with Gasteiger partial charge >= 0.3 is 0 Å². The number of nitrogens with zero attached hydrogens (tertiary/aromatic N) is 1. The molecule has 39 heavy (non-hydrogen) atoms. The quantitative estimate of drug-likeness (QED) is 0.419. The number of fused-ring (bicyclic) bond motifs is 4. The molecule has 206 valence electrons. The lowest BCUT2D eigenvalue weighted by atomic mass is 9.77. The van der Waals surface area contributed by atoms with Crippen LogP contribution in [-0.2, 0) is 20.9 Å². The van der Waals surface area contributed by atoms with Gasteiger partial charge in [-0.05, 0) is 43.2 Å². The summed E-state index contributed by atoms with van der Waals surface area (Å²) in [6.45, 7) is 1.56. The molecule has 5 rings (SSSR count). The Kier molecular flexibility index (Phi) is 7.85. The van der Waals surface area contributed by atoms with E-state index in [-0.39, 0.29) is 51.0 Å². The molecule has 2 aromatic carbocycles. The van der Waals surface area contributed by atoms with Gasteiger partial charge in [0.05, 0.1) is 18.6 Å². The third-order valence-corrected chi connectivity index (χ3v) is 7.27. The van der Waals surface area contributed by atoms with E-state index in [1.807, 2.05) is 24.3 Å². The van der Waals surface area contributed by atoms with Crippen LogP contribution in [0.3, 0.4) is 0 Å². The van der Waals surface area contributed by atoms with E-state index in [1.165, 1.54) is 11.8 Å². The van der Waals surface area contributed by atoms with Crippen molar-refractivity contribution >= 4 is 17.6 Å². The van der Waals surface area contributed by atoms with Crippen molar-refractivity contribution in [3.63, 3.8) is 0 Å². The first-order chi connectivity index (χ1) is 18.9. The number of para-hydroxylation sites is 1. The van der Waals surface area contributed by atoms with Crippen LogP contribution in [-0.4, -0.2) is 70.9 Å². The summed E-state index contributed by atoms with van der Waals surface area (Å²) in [5.74, 6) is 0.537. The number of carbonyl (C=O) groups is 3. The van der Waals surface area contributed by atoms with Gasteiger partial charge < -0.3 is 39.4 Å². The van der Waals surface area contributed by atoms with Crippen LogP contribution in [0.15, 0.2) is 54.1 Å². The summed E-state index contributed by atoms with van der Waals surface area (Å²) >= 11 is 0. The lowest BCUT2D eigenvalue weighted by Crippen LogP contribution is -2.55. The molecule has 2 heterocycles. The van der Waals surface area contributed by atoms with Crippen LogP contribution in [0, 0.1) is 0 Å². The molecule has 0 saturated heterocycles. The van der Waals surface area contributed by atoms with E-state index in [0.29, 0.717) is 29.2 Å². The number of hydrogen-bond acceptors (Lipinski definition) is 8. The first kappa shape index (κ1) is 26.7. The van der Waals surface area contributed by atoms with Crippen molar-refractivity contribution in [1.82, 2.24) is 10.2 Å². The highest BCUT2D eigenvalue weighted by Crippen LogP contribution is 2.47. The molecule has 0 spiro atoms. The SMILES string of the molecule is CC(=O)CCCC(=O)N(Cc1ccc2c(c1)OCO2)C1C=C(C(=O)NCCO)C2c3ccccc3OC2C1O. The number of benzene rings is 2. The molecule has 10 nitrogen and oxygen atoms in total. The van der Waals surface area contributed by atoms with Gasteiger partial charge in [0.15, 0.2) is 11.5 Å². The first-order valence-corrected chi connectivity index (χ1v) is 13.1. The molecule has 4 atom stereocenters. The maximum atomic E-state index is 13.6. The zero-order valence-electron chi connectivity index (χ0n) is 21.7. The minimum Gasteiger partial charge on any atom is -0.486 e. The highest BCUT2D eigenvalue weighted by Gasteiger charge is 2.50. The van der Waals surface area contributed by atoms with Gasteiger partial charge in [0.2, 0.25) is 18.6 Å². The number of ether oxygens (including phenoxy) is 3. The second kappa shape index (κ2) is 11.5. The van der Waals surface area contributed by atoms with E-state index in [0.717, 1.165) is 11.1 Å². The number of carbonyl (C=O) groups excluding carboxylic acids is 3. The summed E-state index contributed by atoms with van der Waals surface area (Å²) < 4.78 is 17.1. The highest BCUT2D eigenvalue weighted by atomic mass is 16.7. The number of ketones is 1. The fourth-order valence-electron chi connectivity index (χ4n) is 5.42. The molecule has 0 aromatic heterocycles. The Hall–Kier alpha value is -3.89. The Bertz CT molecular complexity index is 1290. The summed E-state index contributed by atoms with van der Waals surface area (Å²) in [6, 6.07) is 11.8. The van der Waals surface area contributed by atoms with Gasteiger partial charge in [0, 0.05) is 37.1 Å². The molecule has 1 aliphatic carbocycles. The summed E-state index contributed by atoms with van der Waals surface area (Å²) in [5.41, 5.74) is 1.89. The Morgan fingerprint density at radius 1 is 1.05 bits per heavy atom. The van der Waals surface area contributed by atoms with Gasteiger partial charge in [-0.1, -0.05) is 24.3 Å². The van der Waals surface area contributed by atoms with Crippen LogP contribution < -0.4 is 19.5 Å². The maximum Gasteiger partial charge on any atom is 0.247 e. The van der Waals surface area contributed by atoms with E-state index in [1.54, 1.807) is 24.3 Å². The van der Waals surface area contributed by atoms with Crippen LogP contribution in [0.2, 0.25) is 0 Å². The minimum absolute atomic E-state index is 0.00878. The molecule has 2 aliphatic heterocycles. The summed E-state index contributed by atoms with van der Waals surface area (Å²) in [6.07, 6.45) is 0.447. The Morgan fingerprint density at radius 2 is 1.85 bits per heavy atom. The molecule has 0 saturated carbocycles. The number of Topliss-reactive ketones (excluding diaryl/α,β-unsaturated/α-hetero) is 1. The molecule has 0 fully saturated rings. The average Bonchev–Trinajstić information content (AvgIpc) is 3.55. The molecule has 3 N–H and O–H groups in total. The normalized spacial score (nSPS) is 22.3. The largest absolute Gasteiger partial charge is 0.486 e. The third-order valence-electron chi connectivity index (χ3n) is 7.27. The maximum absolute atomic E-state index is 13.6. The zero-order valence-corrected chi connectivity index (χ0v) is 21.7. The molecule has 2 amide bonds. The van der Waals surface area contributed by atoms with Crippen LogP contribution in [0.4, 0.5) is 0 Å². The molecule has 0 bridgehead atoms. The topological polar surface area (TPSA) is 135 Å². The minimum atomic E-state index is -1.14. The Morgan fingerprint density at radius 3 is 2.64 bits per heavy atom. The van der Waals surface area contributed by atoms with Crippen LogP contribution >= 0.6 is 0 Å². The van der Waals surface area contributed by atoms with Crippen molar-refractivity contribution in [2.75, 3.05) is 19.9 Å². The Balaban J connectivity index is 1.51. The molecular formula is C29H32N2O8. The monoisotopic (exact) mass is 536 g/mol. The van der Waals surface area contributed by atoms with Gasteiger partial charge in [-0.25, -0.2) is 0 Å². The Labute approximate surface area is 226 Å². The van der Waals surface area contributed by atoms with Crippen molar-refractivity contribution < 1.29 is 38.8 Å². The van der Waals surface area contributed by atoms with Crippen molar-refractivity contribution in [3.8, 4) is 17.2 Å². The van der Waals surface area contributed by atoms with Gasteiger partial charge in [-0.3, -0.25) is 9.59 Å². The summed E-state index contributed by atoms with van der Waals surface area (Å²) in [5, 5.41) is 23.6. The summed E-state index contributed by atoms with van der Waals surface area (Å²) in [7, 11) is 0. The van der Waals surface area contributed by atoms with Crippen molar-refractivity contribution in [3.05, 3.63) is 65.2 Å². The number of aliphatic hydroxyl groups excluding tert-OH is 2. The first-order valence-electron chi connectivity index (χ1n) is 13.1. The molecule has 0 radical (unpaired) electrons. The van der Waals surface area contributed by atoms with Crippen LogP contribution in [0.25, 0.3) is 0 Å². The molecule has 10 heteroatoms. The standard InChI is InChI=1S/C29H32N2O8/c1-17(33)5-4-8-25(34)31(15-18-9-10-23-24(13-18)38-16-37-23)21-14-20(29(36)30-11-12-32)26-19-6-2-3-7-22(19)39-28(26)27(21)35/h2-3,6-7,9-10,13-14,21,26-28,32,35H,4-5,8,11-12,15-16H2,1H3,(H,30,36). The lowest BCUT2D eigenvalue weighted by Gasteiger charge is -2.41. The smallest absolute Gasteiger partial charge is 0.247 e. The predicted octanol–water partition coefficient (Wildman–Crippen LogP) is 1.83. The average molecular weight is 537 g/mol. The molecule has 3 aliphatic rings. The van der Waals surface area contributed by atoms with E-state index < -0.39 is 30.1 Å². The second-order valence-corrected chi connectivity index (χ2v) is 9.95. The number of aliphatic hydroxyl groups is 2. The van der Waals surface area contributed by atoms with Crippen LogP contribution in [0.5, 0.6) is 17.2 Å². The predicted molar refractivity (Wildman–Crippen MR) is 139 cm³/mol. The lowest BCUT2D eigenvalue weighted by molar-refractivity contribution is -0.138. The highest BCUT2D eigenvalue weighted by molar-refractivity contribution is 5.96. The van der Waals surface area contributed by atoms with Gasteiger partial charge in [0.1, 0.15) is 23.7 Å². The number of rotatable bonds is 10. The van der Waals surface area contributed by atoms with Gasteiger partial charge in [-0.15, -0.1) is 0 Å². The van der Waals surface area contributed by atoms with Crippen molar-refractivity contribution in [2.24, 2.45) is 0 Å². The zero-order chi connectivity index (χ0) is 27.5. The van der Waals surface area contributed by atoms with Gasteiger partial charge in [-0.2, -0.15) is 0 Å². The fraction of sp³-hybridized carbons (Fsp3) is 0.414. The van der Waals surface area contributed by atoms with Gasteiger partial charge in [0.25, 0.3) is 0 Å².